The molecule has 0 saturated carbocycles. The third kappa shape index (κ3) is 3.31. The third-order valence-electron chi connectivity index (χ3n) is 1.79. The normalized spacial score (nSPS) is 10.3. The van der Waals surface area contributed by atoms with E-state index in [0.717, 1.165) is 4.47 Å². The predicted molar refractivity (Wildman–Crippen MR) is 73.4 cm³/mol. The van der Waals surface area contributed by atoms with Crippen LogP contribution in [-0.4, -0.2) is 9.97 Å². The molecule has 0 unspecified atom stereocenters. The summed E-state index contributed by atoms with van der Waals surface area (Å²) in [5.41, 5.74) is 5.57. The minimum absolute atomic E-state index is 0.140. The summed E-state index contributed by atoms with van der Waals surface area (Å²) < 4.78 is 6.86. The molecule has 1 aromatic carbocycles. The quantitative estimate of drug-likeness (QED) is 0.801. The molecule has 0 saturated heterocycles. The summed E-state index contributed by atoms with van der Waals surface area (Å²) in [5, 5.41) is 0.460. The molecule has 4 nitrogen and oxygen atoms in total. The van der Waals surface area contributed by atoms with E-state index in [1.807, 2.05) is 6.07 Å². The fourth-order valence-corrected chi connectivity index (χ4v) is 2.21. The van der Waals surface area contributed by atoms with Crippen molar-refractivity contribution in [1.82, 2.24) is 9.97 Å². The van der Waals surface area contributed by atoms with E-state index in [0.29, 0.717) is 21.2 Å². The van der Waals surface area contributed by atoms with Gasteiger partial charge in [-0.25, -0.2) is 0 Å². The fraction of sp³-hybridized carbons (Fsp3) is 0. The Morgan fingerprint density at radius 3 is 2.59 bits per heavy atom. The van der Waals surface area contributed by atoms with Gasteiger partial charge in [-0.15, -0.1) is 0 Å². The van der Waals surface area contributed by atoms with Crippen molar-refractivity contribution >= 4 is 49.3 Å². The molecule has 0 aliphatic carbocycles. The highest BCUT2D eigenvalue weighted by Crippen LogP contribution is 2.30. The summed E-state index contributed by atoms with van der Waals surface area (Å²) in [7, 11) is 0. The van der Waals surface area contributed by atoms with Gasteiger partial charge in [0.05, 0.1) is 5.02 Å². The Kier molecular flexibility index (Phi) is 3.86. The van der Waals surface area contributed by atoms with Crippen LogP contribution < -0.4 is 10.5 Å². The van der Waals surface area contributed by atoms with Gasteiger partial charge in [0.2, 0.25) is 0 Å². The van der Waals surface area contributed by atoms with E-state index in [-0.39, 0.29) is 6.01 Å². The van der Waals surface area contributed by atoms with Crippen molar-refractivity contribution in [2.45, 2.75) is 0 Å². The first-order valence-electron chi connectivity index (χ1n) is 4.47. The number of hydrogen-bond donors (Lipinski definition) is 1. The number of hydrogen-bond acceptors (Lipinski definition) is 4. The zero-order valence-corrected chi connectivity index (χ0v) is 12.3. The van der Waals surface area contributed by atoms with Crippen molar-refractivity contribution in [3.05, 3.63) is 38.4 Å². The largest absolute Gasteiger partial charge is 0.423 e. The van der Waals surface area contributed by atoms with Crippen molar-refractivity contribution < 1.29 is 4.74 Å². The van der Waals surface area contributed by atoms with E-state index in [1.54, 1.807) is 18.2 Å². The molecule has 2 N–H and O–H groups in total. The molecule has 1 heterocycles. The molecule has 0 aliphatic rings. The molecule has 88 valence electrons. The second kappa shape index (κ2) is 5.20. The van der Waals surface area contributed by atoms with Crippen molar-refractivity contribution in [2.75, 3.05) is 5.73 Å². The van der Waals surface area contributed by atoms with Gasteiger partial charge >= 0.3 is 6.01 Å². The van der Waals surface area contributed by atoms with Crippen LogP contribution >= 0.6 is 43.5 Å². The van der Waals surface area contributed by atoms with Crippen LogP contribution in [0.2, 0.25) is 5.02 Å². The highest BCUT2D eigenvalue weighted by Gasteiger charge is 2.07. The molecule has 7 heteroatoms. The van der Waals surface area contributed by atoms with Crippen LogP contribution in [0.15, 0.2) is 33.3 Å². The number of rotatable bonds is 2. The molecule has 0 atom stereocenters. The first-order valence-corrected chi connectivity index (χ1v) is 6.44. The van der Waals surface area contributed by atoms with Gasteiger partial charge in [0.15, 0.2) is 0 Å². The monoisotopic (exact) mass is 377 g/mol. The highest BCUT2D eigenvalue weighted by atomic mass is 79.9. The lowest BCUT2D eigenvalue weighted by molar-refractivity contribution is 0.441. The second-order valence-corrected chi connectivity index (χ2v) is 5.21. The third-order valence-corrected chi connectivity index (χ3v) is 2.98. The van der Waals surface area contributed by atoms with E-state index in [2.05, 4.69) is 41.8 Å². The Balaban J connectivity index is 2.31. The van der Waals surface area contributed by atoms with Crippen molar-refractivity contribution in [3.8, 4) is 11.8 Å². The van der Waals surface area contributed by atoms with Crippen LogP contribution in [0.25, 0.3) is 0 Å². The Morgan fingerprint density at radius 2 is 1.94 bits per heavy atom. The van der Waals surface area contributed by atoms with Gasteiger partial charge < -0.3 is 10.5 Å². The van der Waals surface area contributed by atoms with Crippen LogP contribution in [0.5, 0.6) is 11.8 Å². The van der Waals surface area contributed by atoms with Crippen LogP contribution in [0.3, 0.4) is 0 Å². The van der Waals surface area contributed by atoms with E-state index >= 15 is 0 Å². The molecule has 0 aliphatic heterocycles. The first-order chi connectivity index (χ1) is 8.04. The first kappa shape index (κ1) is 12.6. The van der Waals surface area contributed by atoms with Gasteiger partial charge in [-0.2, -0.15) is 9.97 Å². The van der Waals surface area contributed by atoms with E-state index in [9.17, 15) is 0 Å². The maximum Gasteiger partial charge on any atom is 0.325 e. The van der Waals surface area contributed by atoms with E-state index in [4.69, 9.17) is 22.1 Å². The minimum Gasteiger partial charge on any atom is -0.423 e. The smallest absolute Gasteiger partial charge is 0.325 e. The maximum absolute atomic E-state index is 6.01. The van der Waals surface area contributed by atoms with Gasteiger partial charge in [-0.05, 0) is 34.1 Å². The summed E-state index contributed by atoms with van der Waals surface area (Å²) in [6.07, 6.45) is 0. The Bertz CT molecular complexity index is 545. The van der Waals surface area contributed by atoms with Crippen LogP contribution in [0.1, 0.15) is 0 Å². The number of ether oxygens (including phenoxy) is 1. The lowest BCUT2D eigenvalue weighted by Gasteiger charge is -2.06. The van der Waals surface area contributed by atoms with Gasteiger partial charge in [-0.1, -0.05) is 27.5 Å². The molecule has 0 bridgehead atoms. The fourth-order valence-electron chi connectivity index (χ4n) is 1.12. The number of anilines is 1. The van der Waals surface area contributed by atoms with Gasteiger partial charge in [-0.3, -0.25) is 0 Å². The van der Waals surface area contributed by atoms with Crippen molar-refractivity contribution in [1.29, 1.82) is 0 Å². The van der Waals surface area contributed by atoms with Crippen LogP contribution in [-0.2, 0) is 0 Å². The molecule has 0 spiro atoms. The molecule has 1 aromatic heterocycles. The van der Waals surface area contributed by atoms with Gasteiger partial charge in [0.1, 0.15) is 16.2 Å². The van der Waals surface area contributed by atoms with E-state index < -0.39 is 0 Å². The molecule has 17 heavy (non-hydrogen) atoms. The standard InChI is InChI=1S/C10H6Br2ClN3O/c11-5-1-2-7(6(13)3-5)17-10-15-8(12)4-9(14)16-10/h1-4H,(H2,14,15,16). The number of nitrogen functional groups attached to an aromatic ring is 1. The summed E-state index contributed by atoms with van der Waals surface area (Å²) >= 11 is 12.5. The number of aromatic nitrogens is 2. The molecule has 2 rings (SSSR count). The molecular formula is C10H6Br2ClN3O. The summed E-state index contributed by atoms with van der Waals surface area (Å²) in [6.45, 7) is 0. The van der Waals surface area contributed by atoms with Gasteiger partial charge in [0.25, 0.3) is 0 Å². The molecule has 2 aromatic rings. The average molecular weight is 379 g/mol. The molecule has 0 amide bonds. The average Bonchev–Trinajstić information content (AvgIpc) is 2.21. The molecule has 0 fully saturated rings. The zero-order chi connectivity index (χ0) is 12.4. The number of benzene rings is 1. The molecular weight excluding hydrogens is 373 g/mol. The number of nitrogens with two attached hydrogens (primary N) is 1. The van der Waals surface area contributed by atoms with Crippen LogP contribution in [0.4, 0.5) is 5.82 Å². The topological polar surface area (TPSA) is 61.0 Å². The van der Waals surface area contributed by atoms with Crippen LogP contribution in [0, 0.1) is 0 Å². The molecule has 0 radical (unpaired) electrons. The minimum atomic E-state index is 0.140. The van der Waals surface area contributed by atoms with Gasteiger partial charge in [0, 0.05) is 10.5 Å². The second-order valence-electron chi connectivity index (χ2n) is 3.07. The maximum atomic E-state index is 6.01. The summed E-state index contributed by atoms with van der Waals surface area (Å²) in [5.74, 6) is 0.780. The van der Waals surface area contributed by atoms with Crippen molar-refractivity contribution in [2.24, 2.45) is 0 Å². The zero-order valence-electron chi connectivity index (χ0n) is 8.32. The lowest BCUT2D eigenvalue weighted by Crippen LogP contribution is -1.97. The Hall–Kier alpha value is -0.850. The SMILES string of the molecule is Nc1cc(Br)nc(Oc2ccc(Br)cc2Cl)n1. The number of halogens is 3. The summed E-state index contributed by atoms with van der Waals surface area (Å²) in [4.78, 5) is 7.96. The van der Waals surface area contributed by atoms with Crippen molar-refractivity contribution in [3.63, 3.8) is 0 Å². The van der Waals surface area contributed by atoms with E-state index in [1.165, 1.54) is 0 Å². The lowest BCUT2D eigenvalue weighted by atomic mass is 10.3. The number of nitrogens with zero attached hydrogens (tertiary/aromatic N) is 2. The Labute approximate surface area is 119 Å². The Morgan fingerprint density at radius 1 is 1.18 bits per heavy atom. The predicted octanol–water partition coefficient (Wildman–Crippen LogP) is 4.03. The summed E-state index contributed by atoms with van der Waals surface area (Å²) in [6, 6.07) is 6.96. The highest BCUT2D eigenvalue weighted by molar-refractivity contribution is 9.10.